The molecule has 4 N–H and O–H groups in total. The van der Waals surface area contributed by atoms with Crippen LogP contribution in [0.25, 0.3) is 0 Å². The lowest BCUT2D eigenvalue weighted by Gasteiger charge is -2.21. The zero-order valence-electron chi connectivity index (χ0n) is 19.2. The third kappa shape index (κ3) is 11.5. The van der Waals surface area contributed by atoms with Gasteiger partial charge in [0.1, 0.15) is 18.7 Å². The third-order valence-electron chi connectivity index (χ3n) is 4.39. The first-order chi connectivity index (χ1) is 15.6. The first-order valence-corrected chi connectivity index (χ1v) is 10.6. The molecule has 0 heterocycles. The fraction of sp³-hybridized carbons (Fsp3) is 0.435. The highest BCUT2D eigenvalue weighted by Crippen LogP contribution is 2.06. The zero-order chi connectivity index (χ0) is 24.8. The van der Waals surface area contributed by atoms with Crippen LogP contribution in [0.1, 0.15) is 32.8 Å². The topological polar surface area (TPSA) is 143 Å². The highest BCUT2D eigenvalue weighted by molar-refractivity contribution is 5.98. The largest absolute Gasteiger partial charge is 0.445 e. The summed E-state index contributed by atoms with van der Waals surface area (Å²) in [6.07, 6.45) is 0.610. The number of ether oxygens (including phenoxy) is 1. The van der Waals surface area contributed by atoms with Crippen molar-refractivity contribution in [2.45, 2.75) is 45.9 Å². The second kappa shape index (κ2) is 14.4. The van der Waals surface area contributed by atoms with Gasteiger partial charge in [-0.25, -0.2) is 4.79 Å². The molecule has 0 aliphatic rings. The van der Waals surface area contributed by atoms with Gasteiger partial charge in [0.2, 0.25) is 17.7 Å². The quantitative estimate of drug-likeness (QED) is 0.321. The van der Waals surface area contributed by atoms with Crippen LogP contribution >= 0.6 is 0 Å². The number of ketones is 1. The summed E-state index contributed by atoms with van der Waals surface area (Å²) < 4.78 is 5.16. The van der Waals surface area contributed by atoms with Gasteiger partial charge in [-0.3, -0.25) is 19.2 Å². The van der Waals surface area contributed by atoms with Crippen molar-refractivity contribution in [1.29, 1.82) is 0 Å². The molecule has 1 aromatic carbocycles. The minimum atomic E-state index is -1.01. The molecule has 2 unspecified atom stereocenters. The van der Waals surface area contributed by atoms with Gasteiger partial charge in [0.15, 0.2) is 5.78 Å². The molecule has 0 aromatic heterocycles. The van der Waals surface area contributed by atoms with E-state index in [4.69, 9.17) is 4.74 Å². The fourth-order valence-electron chi connectivity index (χ4n) is 2.76. The maximum absolute atomic E-state index is 12.6. The first-order valence-electron chi connectivity index (χ1n) is 10.6. The molecule has 0 aliphatic heterocycles. The predicted molar refractivity (Wildman–Crippen MR) is 122 cm³/mol. The number of hydrogen-bond acceptors (Lipinski definition) is 6. The lowest BCUT2D eigenvalue weighted by Crippen LogP contribution is -2.52. The average molecular weight is 461 g/mol. The third-order valence-corrected chi connectivity index (χ3v) is 4.39. The number of carbonyl (C=O) groups is 5. The Morgan fingerprint density at radius 1 is 1.00 bits per heavy atom. The van der Waals surface area contributed by atoms with Gasteiger partial charge in [0.25, 0.3) is 0 Å². The summed E-state index contributed by atoms with van der Waals surface area (Å²) >= 11 is 0. The number of nitrogens with one attached hydrogen (secondary N) is 4. The summed E-state index contributed by atoms with van der Waals surface area (Å²) in [5.41, 5.74) is 0.803. The SMILES string of the molecule is C=CC(=O)C(CNC(C)=O)NC(=O)CNC(=O)C(CC(C)C)NC(=O)OCc1ccccc1. The van der Waals surface area contributed by atoms with Crippen LogP contribution in [0, 0.1) is 5.92 Å². The van der Waals surface area contributed by atoms with Gasteiger partial charge in [0, 0.05) is 13.5 Å². The molecule has 0 fully saturated rings. The zero-order valence-corrected chi connectivity index (χ0v) is 19.2. The molecule has 1 aromatic rings. The van der Waals surface area contributed by atoms with E-state index in [0.29, 0.717) is 6.42 Å². The van der Waals surface area contributed by atoms with Crippen LogP contribution in [-0.4, -0.2) is 54.8 Å². The van der Waals surface area contributed by atoms with Crippen molar-refractivity contribution in [3.05, 3.63) is 48.6 Å². The Kier molecular flexibility index (Phi) is 11.9. The summed E-state index contributed by atoms with van der Waals surface area (Å²) in [6.45, 7) is 7.95. The molecule has 0 spiro atoms. The van der Waals surface area contributed by atoms with E-state index in [1.807, 2.05) is 32.0 Å². The van der Waals surface area contributed by atoms with E-state index < -0.39 is 42.3 Å². The molecule has 4 amide bonds. The van der Waals surface area contributed by atoms with E-state index in [1.165, 1.54) is 6.92 Å². The summed E-state index contributed by atoms with van der Waals surface area (Å²) in [5, 5.41) is 9.85. The van der Waals surface area contributed by atoms with Gasteiger partial charge < -0.3 is 26.0 Å². The van der Waals surface area contributed by atoms with Crippen molar-refractivity contribution in [3.63, 3.8) is 0 Å². The average Bonchev–Trinajstić information content (AvgIpc) is 2.78. The normalized spacial score (nSPS) is 12.1. The van der Waals surface area contributed by atoms with Crippen molar-refractivity contribution in [3.8, 4) is 0 Å². The molecule has 2 atom stereocenters. The van der Waals surface area contributed by atoms with Crippen molar-refractivity contribution in [2.24, 2.45) is 5.92 Å². The molecular formula is C23H32N4O6. The molecule has 10 heteroatoms. The van der Waals surface area contributed by atoms with Gasteiger partial charge in [-0.15, -0.1) is 0 Å². The number of benzene rings is 1. The van der Waals surface area contributed by atoms with Crippen LogP contribution in [0.3, 0.4) is 0 Å². The Balaban J connectivity index is 2.61. The highest BCUT2D eigenvalue weighted by atomic mass is 16.5. The van der Waals surface area contributed by atoms with Crippen molar-refractivity contribution in [1.82, 2.24) is 21.3 Å². The molecule has 33 heavy (non-hydrogen) atoms. The molecule has 0 aliphatic carbocycles. The number of rotatable bonds is 13. The Bertz CT molecular complexity index is 841. The molecule has 1 rings (SSSR count). The lowest BCUT2D eigenvalue weighted by atomic mass is 10.0. The first kappa shape index (κ1) is 27.3. The Morgan fingerprint density at radius 3 is 2.24 bits per heavy atom. The van der Waals surface area contributed by atoms with Gasteiger partial charge in [-0.05, 0) is 24.0 Å². The molecule has 0 saturated heterocycles. The molecule has 180 valence electrons. The second-order valence-electron chi connectivity index (χ2n) is 7.77. The van der Waals surface area contributed by atoms with Gasteiger partial charge in [-0.2, -0.15) is 0 Å². The monoisotopic (exact) mass is 460 g/mol. The van der Waals surface area contributed by atoms with Crippen molar-refractivity contribution >= 4 is 29.6 Å². The van der Waals surface area contributed by atoms with Crippen molar-refractivity contribution < 1.29 is 28.7 Å². The van der Waals surface area contributed by atoms with Crippen molar-refractivity contribution in [2.75, 3.05) is 13.1 Å². The summed E-state index contributed by atoms with van der Waals surface area (Å²) in [4.78, 5) is 59.9. The van der Waals surface area contributed by atoms with E-state index >= 15 is 0 Å². The molecular weight excluding hydrogens is 428 g/mol. The van der Waals surface area contributed by atoms with E-state index in [1.54, 1.807) is 12.1 Å². The van der Waals surface area contributed by atoms with E-state index in [9.17, 15) is 24.0 Å². The number of carbonyl (C=O) groups excluding carboxylic acids is 5. The molecule has 0 bridgehead atoms. The van der Waals surface area contributed by atoms with Gasteiger partial charge >= 0.3 is 6.09 Å². The van der Waals surface area contributed by atoms with E-state index in [0.717, 1.165) is 11.6 Å². The minimum absolute atomic E-state index is 0.0537. The Morgan fingerprint density at radius 2 is 1.67 bits per heavy atom. The Labute approximate surface area is 193 Å². The summed E-state index contributed by atoms with van der Waals surface area (Å²) in [7, 11) is 0. The van der Waals surface area contributed by atoms with Crippen LogP contribution < -0.4 is 21.3 Å². The van der Waals surface area contributed by atoms with Gasteiger partial charge in [-0.1, -0.05) is 50.8 Å². The summed E-state index contributed by atoms with van der Waals surface area (Å²) in [5.74, 6) is -1.96. The van der Waals surface area contributed by atoms with Crippen LogP contribution in [0.15, 0.2) is 43.0 Å². The van der Waals surface area contributed by atoms with Crippen LogP contribution in [0.5, 0.6) is 0 Å². The molecule has 0 saturated carbocycles. The van der Waals surface area contributed by atoms with Gasteiger partial charge in [0.05, 0.1) is 6.54 Å². The predicted octanol–water partition coefficient (Wildman–Crippen LogP) is 0.820. The van der Waals surface area contributed by atoms with Crippen LogP contribution in [0.2, 0.25) is 0 Å². The lowest BCUT2D eigenvalue weighted by molar-refractivity contribution is -0.129. The Hall–Kier alpha value is -3.69. The smallest absolute Gasteiger partial charge is 0.408 e. The molecule has 10 nitrogen and oxygen atoms in total. The standard InChI is InChI=1S/C23H32N4O6/c1-5-20(29)19(12-24-16(4)28)26-21(30)13-25-22(31)18(11-15(2)3)27-23(32)33-14-17-9-7-6-8-10-17/h5-10,15,18-19H,1,11-14H2,2-4H3,(H,24,28)(H,25,31)(H,26,30)(H,27,32). The van der Waals surface area contributed by atoms with Crippen LogP contribution in [-0.2, 0) is 30.5 Å². The van der Waals surface area contributed by atoms with Crippen LogP contribution in [0.4, 0.5) is 4.79 Å². The second-order valence-corrected chi connectivity index (χ2v) is 7.77. The minimum Gasteiger partial charge on any atom is -0.445 e. The number of amides is 4. The maximum atomic E-state index is 12.6. The fourth-order valence-corrected chi connectivity index (χ4v) is 2.76. The number of hydrogen-bond donors (Lipinski definition) is 4. The summed E-state index contributed by atoms with van der Waals surface area (Å²) in [6, 6.07) is 7.18. The molecule has 0 radical (unpaired) electrons. The number of alkyl carbamates (subject to hydrolysis) is 1. The van der Waals surface area contributed by atoms with E-state index in [-0.39, 0.29) is 25.0 Å². The van der Waals surface area contributed by atoms with E-state index in [2.05, 4.69) is 27.8 Å². The maximum Gasteiger partial charge on any atom is 0.408 e. The highest BCUT2D eigenvalue weighted by Gasteiger charge is 2.24.